The Kier molecular flexibility index (Phi) is 6.26. The van der Waals surface area contributed by atoms with Gasteiger partial charge in [0.25, 0.3) is 0 Å². The third kappa shape index (κ3) is 5.50. The first-order valence-electron chi connectivity index (χ1n) is 8.90. The van der Waals surface area contributed by atoms with Crippen LogP contribution in [0.1, 0.15) is 23.1 Å². The molecule has 7 heteroatoms. The Balaban J connectivity index is 1.56. The molecule has 0 radical (unpaired) electrons. The molecule has 0 atom stereocenters. The molecule has 1 amide bonds. The van der Waals surface area contributed by atoms with Crippen molar-refractivity contribution in [1.29, 1.82) is 0 Å². The van der Waals surface area contributed by atoms with Crippen molar-refractivity contribution in [3.05, 3.63) is 70.6 Å². The number of aromatic nitrogens is 1. The molecule has 0 fully saturated rings. The fourth-order valence-corrected chi connectivity index (χ4v) is 4.77. The van der Waals surface area contributed by atoms with Gasteiger partial charge in [0.15, 0.2) is 15.0 Å². The Hall–Kier alpha value is -2.51. The fraction of sp³-hybridized carbons (Fsp3) is 0.238. The first-order chi connectivity index (χ1) is 13.3. The molecule has 0 aliphatic heterocycles. The van der Waals surface area contributed by atoms with Crippen molar-refractivity contribution in [2.45, 2.75) is 26.0 Å². The quantitative estimate of drug-likeness (QED) is 0.623. The molecule has 1 N–H and O–H groups in total. The molecule has 1 aromatic heterocycles. The molecule has 0 saturated carbocycles. The van der Waals surface area contributed by atoms with Gasteiger partial charge in [-0.3, -0.25) is 4.79 Å². The number of thiazole rings is 1. The van der Waals surface area contributed by atoms with E-state index in [9.17, 15) is 13.2 Å². The minimum absolute atomic E-state index is 0.0602. The zero-order valence-corrected chi connectivity index (χ0v) is 17.4. The van der Waals surface area contributed by atoms with Crippen LogP contribution >= 0.6 is 11.3 Å². The summed E-state index contributed by atoms with van der Waals surface area (Å²) in [7, 11) is -3.35. The normalized spacial score (nSPS) is 11.4. The number of carbonyl (C=O) groups is 1. The van der Waals surface area contributed by atoms with Gasteiger partial charge in [-0.2, -0.15) is 0 Å². The number of benzene rings is 2. The molecule has 0 aliphatic rings. The largest absolute Gasteiger partial charge is 0.302 e. The predicted octanol–water partition coefficient (Wildman–Crippen LogP) is 4.37. The number of nitrogens with one attached hydrogen (secondary N) is 1. The van der Waals surface area contributed by atoms with Crippen molar-refractivity contribution in [2.75, 3.05) is 11.1 Å². The Morgan fingerprint density at radius 3 is 2.54 bits per heavy atom. The monoisotopic (exact) mass is 414 g/mol. The van der Waals surface area contributed by atoms with Gasteiger partial charge >= 0.3 is 0 Å². The number of nitrogens with zero attached hydrogens (tertiary/aromatic N) is 1. The first-order valence-corrected chi connectivity index (χ1v) is 11.6. The first kappa shape index (κ1) is 20.2. The lowest BCUT2D eigenvalue weighted by atomic mass is 10.1. The van der Waals surface area contributed by atoms with Crippen LogP contribution in [0.3, 0.4) is 0 Å². The van der Waals surface area contributed by atoms with E-state index < -0.39 is 9.84 Å². The van der Waals surface area contributed by atoms with E-state index >= 15 is 0 Å². The summed E-state index contributed by atoms with van der Waals surface area (Å²) in [6.07, 6.45) is -0.0896. The number of rotatable bonds is 7. The Labute approximate surface area is 169 Å². The summed E-state index contributed by atoms with van der Waals surface area (Å²) < 4.78 is 24.4. The van der Waals surface area contributed by atoms with Crippen LogP contribution in [0, 0.1) is 13.8 Å². The van der Waals surface area contributed by atoms with Gasteiger partial charge < -0.3 is 5.32 Å². The highest BCUT2D eigenvalue weighted by atomic mass is 32.2. The number of amides is 1. The minimum atomic E-state index is -3.35. The highest BCUT2D eigenvalue weighted by Gasteiger charge is 2.15. The molecule has 28 heavy (non-hydrogen) atoms. The predicted molar refractivity (Wildman–Crippen MR) is 114 cm³/mol. The zero-order chi connectivity index (χ0) is 20.1. The van der Waals surface area contributed by atoms with E-state index in [2.05, 4.69) is 23.3 Å². The second-order valence-electron chi connectivity index (χ2n) is 6.71. The van der Waals surface area contributed by atoms with Crippen molar-refractivity contribution in [3.63, 3.8) is 0 Å². The van der Waals surface area contributed by atoms with E-state index in [0.717, 1.165) is 16.8 Å². The van der Waals surface area contributed by atoms with Crippen molar-refractivity contribution < 1.29 is 13.2 Å². The van der Waals surface area contributed by atoms with Crippen LogP contribution in [0.5, 0.6) is 0 Å². The molecule has 0 unspecified atom stereocenters. The standard InChI is InChI=1S/C21H22N2O3S2/c1-15-8-9-18(12-16(15)2)19-13-27-21(22-19)23-20(24)10-11-28(25,26)14-17-6-4-3-5-7-17/h3-9,12-13H,10-11,14H2,1-2H3,(H,22,23,24). The van der Waals surface area contributed by atoms with E-state index in [-0.39, 0.29) is 23.8 Å². The van der Waals surface area contributed by atoms with Crippen LogP contribution in [-0.4, -0.2) is 25.1 Å². The van der Waals surface area contributed by atoms with Crippen LogP contribution in [0.2, 0.25) is 0 Å². The van der Waals surface area contributed by atoms with Gasteiger partial charge in [0.2, 0.25) is 5.91 Å². The summed E-state index contributed by atoms with van der Waals surface area (Å²) in [5, 5.41) is 5.05. The molecule has 5 nitrogen and oxygen atoms in total. The van der Waals surface area contributed by atoms with Crippen LogP contribution in [0.25, 0.3) is 11.3 Å². The fourth-order valence-electron chi connectivity index (χ4n) is 2.69. The average Bonchev–Trinajstić information content (AvgIpc) is 3.11. The maximum absolute atomic E-state index is 12.2. The lowest BCUT2D eigenvalue weighted by Crippen LogP contribution is -2.18. The molecular formula is C21H22N2O3S2. The molecular weight excluding hydrogens is 392 g/mol. The maximum atomic E-state index is 12.2. The molecule has 3 aromatic rings. The molecule has 0 aliphatic carbocycles. The van der Waals surface area contributed by atoms with Gasteiger partial charge in [-0.05, 0) is 36.6 Å². The van der Waals surface area contributed by atoms with Crippen molar-refractivity contribution >= 4 is 32.2 Å². The number of sulfone groups is 1. The van der Waals surface area contributed by atoms with Crippen molar-refractivity contribution in [3.8, 4) is 11.3 Å². The summed E-state index contributed by atoms with van der Waals surface area (Å²) in [5.74, 6) is -0.601. The van der Waals surface area contributed by atoms with Crippen molar-refractivity contribution in [1.82, 2.24) is 4.98 Å². The zero-order valence-electron chi connectivity index (χ0n) is 15.8. The molecule has 0 bridgehead atoms. The molecule has 2 aromatic carbocycles. The second kappa shape index (κ2) is 8.67. The van der Waals surface area contributed by atoms with Crippen molar-refractivity contribution in [2.24, 2.45) is 0 Å². The van der Waals surface area contributed by atoms with E-state index in [1.807, 2.05) is 30.5 Å². The van der Waals surface area contributed by atoms with Crippen LogP contribution in [0.4, 0.5) is 5.13 Å². The maximum Gasteiger partial charge on any atom is 0.227 e. The highest BCUT2D eigenvalue weighted by Crippen LogP contribution is 2.26. The lowest BCUT2D eigenvalue weighted by Gasteiger charge is -2.05. The summed E-state index contributed by atoms with van der Waals surface area (Å²) in [4.78, 5) is 16.6. The van der Waals surface area contributed by atoms with Gasteiger partial charge in [0.05, 0.1) is 17.2 Å². The van der Waals surface area contributed by atoms with E-state index in [4.69, 9.17) is 0 Å². The smallest absolute Gasteiger partial charge is 0.227 e. The third-order valence-electron chi connectivity index (χ3n) is 4.42. The highest BCUT2D eigenvalue weighted by molar-refractivity contribution is 7.90. The Bertz CT molecular complexity index is 1070. The van der Waals surface area contributed by atoms with Crippen LogP contribution in [-0.2, 0) is 20.4 Å². The SMILES string of the molecule is Cc1ccc(-c2csc(NC(=O)CCS(=O)(=O)Cc3ccccc3)n2)cc1C. The summed E-state index contributed by atoms with van der Waals surface area (Å²) in [5.41, 5.74) is 4.90. The van der Waals surface area contributed by atoms with Gasteiger partial charge in [0.1, 0.15) is 0 Å². The van der Waals surface area contributed by atoms with Gasteiger partial charge in [-0.25, -0.2) is 13.4 Å². The number of hydrogen-bond acceptors (Lipinski definition) is 5. The Morgan fingerprint density at radius 2 is 1.82 bits per heavy atom. The van der Waals surface area contributed by atoms with E-state index in [0.29, 0.717) is 5.13 Å². The summed E-state index contributed by atoms with van der Waals surface area (Å²) in [6.45, 7) is 4.10. The average molecular weight is 415 g/mol. The van der Waals surface area contributed by atoms with Crippen LogP contribution < -0.4 is 5.32 Å². The molecule has 1 heterocycles. The van der Waals surface area contributed by atoms with Gasteiger partial charge in [-0.1, -0.05) is 42.5 Å². The molecule has 0 saturated heterocycles. The third-order valence-corrected chi connectivity index (χ3v) is 6.78. The number of carbonyl (C=O) groups excluding carboxylic acids is 1. The van der Waals surface area contributed by atoms with Crippen LogP contribution in [0.15, 0.2) is 53.9 Å². The topological polar surface area (TPSA) is 76.1 Å². The summed E-state index contributed by atoms with van der Waals surface area (Å²) in [6, 6.07) is 15.1. The summed E-state index contributed by atoms with van der Waals surface area (Å²) >= 11 is 1.33. The Morgan fingerprint density at radius 1 is 1.07 bits per heavy atom. The van der Waals surface area contributed by atoms with Gasteiger partial charge in [-0.15, -0.1) is 11.3 Å². The minimum Gasteiger partial charge on any atom is -0.302 e. The number of hydrogen-bond donors (Lipinski definition) is 1. The molecule has 146 valence electrons. The second-order valence-corrected chi connectivity index (χ2v) is 9.75. The van der Waals surface area contributed by atoms with E-state index in [1.165, 1.54) is 22.5 Å². The molecule has 3 rings (SSSR count). The van der Waals surface area contributed by atoms with Gasteiger partial charge in [0, 0.05) is 17.4 Å². The van der Waals surface area contributed by atoms with E-state index in [1.54, 1.807) is 24.3 Å². The number of anilines is 1. The number of aryl methyl sites for hydroxylation is 2. The lowest BCUT2D eigenvalue weighted by molar-refractivity contribution is -0.115. The molecule has 0 spiro atoms.